The van der Waals surface area contributed by atoms with Crippen LogP contribution >= 0.6 is 38.5 Å². The topological polar surface area (TPSA) is 55.4 Å². The van der Waals surface area contributed by atoms with Crippen molar-refractivity contribution in [1.82, 2.24) is 0 Å². The molecule has 0 unspecified atom stereocenters. The molecule has 4 bridgehead atoms. The summed E-state index contributed by atoms with van der Waals surface area (Å²) in [6, 6.07) is 5.83. The maximum absolute atomic E-state index is 12.9. The van der Waals surface area contributed by atoms with Crippen LogP contribution in [0.5, 0.6) is 0 Å². The molecule has 1 N–H and O–H groups in total. The number of anilines is 1. The van der Waals surface area contributed by atoms with E-state index in [9.17, 15) is 9.59 Å². The first-order valence-corrected chi connectivity index (χ1v) is 11.1. The molecular weight excluding hydrogens is 509 g/mol. The number of carbonyl (C=O) groups is 2. The molecule has 26 heavy (non-hydrogen) atoms. The van der Waals surface area contributed by atoms with Crippen LogP contribution in [0.25, 0.3) is 0 Å². The molecular formula is C20H23BrINO3. The van der Waals surface area contributed by atoms with Crippen molar-refractivity contribution in [2.45, 2.75) is 49.8 Å². The Morgan fingerprint density at radius 3 is 2.58 bits per heavy atom. The van der Waals surface area contributed by atoms with Crippen LogP contribution in [0.4, 0.5) is 5.69 Å². The lowest BCUT2D eigenvalue weighted by Gasteiger charge is -2.58. The van der Waals surface area contributed by atoms with Gasteiger partial charge in [-0.1, -0.05) is 15.9 Å². The summed E-state index contributed by atoms with van der Waals surface area (Å²) < 4.78 is 6.72. The first-order chi connectivity index (χ1) is 12.3. The van der Waals surface area contributed by atoms with Crippen LogP contribution < -0.4 is 5.32 Å². The molecule has 4 aliphatic carbocycles. The molecule has 1 aromatic carbocycles. The summed E-state index contributed by atoms with van der Waals surface area (Å²) in [7, 11) is 0. The second kappa shape index (κ2) is 6.76. The first-order valence-electron chi connectivity index (χ1n) is 9.19. The van der Waals surface area contributed by atoms with Gasteiger partial charge in [0, 0.05) is 13.6 Å². The average Bonchev–Trinajstić information content (AvgIpc) is 2.53. The number of ether oxygens (including phenoxy) is 1. The number of amides is 1. The van der Waals surface area contributed by atoms with Crippen molar-refractivity contribution in [2.75, 3.05) is 11.9 Å². The summed E-state index contributed by atoms with van der Waals surface area (Å²) in [5.74, 6) is 0.781. The quantitative estimate of drug-likeness (QED) is 0.344. The van der Waals surface area contributed by atoms with Gasteiger partial charge in [0.05, 0.1) is 5.41 Å². The molecule has 0 spiro atoms. The Morgan fingerprint density at radius 1 is 1.27 bits per heavy atom. The third-order valence-electron chi connectivity index (χ3n) is 6.22. The minimum absolute atomic E-state index is 0.108. The normalized spacial score (nSPS) is 34.6. The van der Waals surface area contributed by atoms with E-state index < -0.39 is 0 Å². The molecule has 1 aromatic rings. The van der Waals surface area contributed by atoms with Crippen LogP contribution in [0.3, 0.4) is 0 Å². The van der Waals surface area contributed by atoms with Crippen LogP contribution in [0, 0.1) is 27.7 Å². The molecule has 4 saturated carbocycles. The summed E-state index contributed by atoms with van der Waals surface area (Å²) in [6.07, 6.45) is 6.29. The van der Waals surface area contributed by atoms with Gasteiger partial charge in [-0.25, -0.2) is 0 Å². The van der Waals surface area contributed by atoms with Gasteiger partial charge in [0.15, 0.2) is 6.61 Å². The second-order valence-electron chi connectivity index (χ2n) is 8.48. The third kappa shape index (κ3) is 3.55. The largest absolute Gasteiger partial charge is 0.455 e. The standard InChI is InChI=1S/C20H23BrINO3/c1-12-4-15(22)2-3-16(12)23-17(24)10-26-18(25)19-6-13-5-14(7-19)9-20(21,8-13)11-19/h2-4,13-14H,5-11H2,1H3,(H,23,24)/t13-,14-,19?,20?/m1/s1. The lowest BCUT2D eigenvalue weighted by atomic mass is 9.49. The number of nitrogens with one attached hydrogen (secondary N) is 1. The van der Waals surface area contributed by atoms with Gasteiger partial charge in [0.1, 0.15) is 0 Å². The van der Waals surface area contributed by atoms with Crippen LogP contribution in [0.15, 0.2) is 18.2 Å². The van der Waals surface area contributed by atoms with Gasteiger partial charge in [-0.3, -0.25) is 9.59 Å². The van der Waals surface area contributed by atoms with Crippen molar-refractivity contribution in [1.29, 1.82) is 0 Å². The minimum Gasteiger partial charge on any atom is -0.455 e. The molecule has 0 radical (unpaired) electrons. The maximum Gasteiger partial charge on any atom is 0.312 e. The van der Waals surface area contributed by atoms with Gasteiger partial charge in [0.25, 0.3) is 5.91 Å². The van der Waals surface area contributed by atoms with E-state index in [0.717, 1.165) is 34.1 Å². The number of benzene rings is 1. The number of rotatable bonds is 4. The number of aryl methyl sites for hydroxylation is 1. The van der Waals surface area contributed by atoms with E-state index >= 15 is 0 Å². The van der Waals surface area contributed by atoms with Gasteiger partial charge in [-0.05, 0) is 104 Å². The number of hydrogen-bond acceptors (Lipinski definition) is 3. The minimum atomic E-state index is -0.382. The van der Waals surface area contributed by atoms with E-state index in [2.05, 4.69) is 43.8 Å². The summed E-state index contributed by atoms with van der Waals surface area (Å²) in [6.45, 7) is 1.74. The number of esters is 1. The Balaban J connectivity index is 1.37. The summed E-state index contributed by atoms with van der Waals surface area (Å²) in [5.41, 5.74) is 1.38. The van der Waals surface area contributed by atoms with E-state index in [-0.39, 0.29) is 28.2 Å². The number of alkyl halides is 1. The molecule has 6 heteroatoms. The van der Waals surface area contributed by atoms with Crippen molar-refractivity contribution >= 4 is 56.1 Å². The molecule has 4 aliphatic rings. The zero-order valence-electron chi connectivity index (χ0n) is 14.8. The van der Waals surface area contributed by atoms with Gasteiger partial charge in [-0.15, -0.1) is 0 Å². The Hall–Kier alpha value is -0.630. The zero-order valence-corrected chi connectivity index (χ0v) is 18.6. The SMILES string of the molecule is Cc1cc(I)ccc1NC(=O)COC(=O)C12C[C@H]3C[C@@H](CC(Br)(C3)C1)C2. The zero-order chi connectivity index (χ0) is 18.5. The maximum atomic E-state index is 12.9. The monoisotopic (exact) mass is 531 g/mol. The Kier molecular flexibility index (Phi) is 4.87. The van der Waals surface area contributed by atoms with Gasteiger partial charge in [0.2, 0.25) is 0 Å². The van der Waals surface area contributed by atoms with E-state index in [4.69, 9.17) is 4.74 Å². The molecule has 1 amide bonds. The van der Waals surface area contributed by atoms with Gasteiger partial charge in [-0.2, -0.15) is 0 Å². The van der Waals surface area contributed by atoms with Gasteiger partial charge < -0.3 is 10.1 Å². The van der Waals surface area contributed by atoms with Crippen LogP contribution in [0.1, 0.15) is 44.1 Å². The molecule has 0 aliphatic heterocycles. The molecule has 0 saturated heterocycles. The van der Waals surface area contributed by atoms with Crippen molar-refractivity contribution in [3.63, 3.8) is 0 Å². The highest BCUT2D eigenvalue weighted by atomic mass is 127. The predicted molar refractivity (Wildman–Crippen MR) is 112 cm³/mol. The Bertz CT molecular complexity index is 751. The molecule has 2 atom stereocenters. The van der Waals surface area contributed by atoms with Crippen molar-refractivity contribution in [3.8, 4) is 0 Å². The van der Waals surface area contributed by atoms with Crippen molar-refractivity contribution in [2.24, 2.45) is 17.3 Å². The lowest BCUT2D eigenvalue weighted by Crippen LogP contribution is -2.56. The molecule has 0 aromatic heterocycles. The van der Waals surface area contributed by atoms with Crippen LogP contribution in [-0.4, -0.2) is 22.8 Å². The van der Waals surface area contributed by atoms with E-state index in [1.807, 2.05) is 25.1 Å². The van der Waals surface area contributed by atoms with E-state index in [0.29, 0.717) is 11.8 Å². The number of halogens is 2. The molecule has 4 nitrogen and oxygen atoms in total. The highest BCUT2D eigenvalue weighted by molar-refractivity contribution is 14.1. The van der Waals surface area contributed by atoms with Crippen LogP contribution in [-0.2, 0) is 14.3 Å². The molecule has 4 fully saturated rings. The number of carbonyl (C=O) groups excluding carboxylic acids is 2. The first kappa shape index (κ1) is 18.7. The lowest BCUT2D eigenvalue weighted by molar-refractivity contribution is -0.170. The molecule has 140 valence electrons. The fraction of sp³-hybridized carbons (Fsp3) is 0.600. The Morgan fingerprint density at radius 2 is 1.96 bits per heavy atom. The second-order valence-corrected chi connectivity index (χ2v) is 11.4. The molecule has 5 rings (SSSR count). The fourth-order valence-corrected chi connectivity index (χ4v) is 7.73. The van der Waals surface area contributed by atoms with Crippen LogP contribution in [0.2, 0.25) is 0 Å². The summed E-state index contributed by atoms with van der Waals surface area (Å²) in [5, 5.41) is 2.85. The summed E-state index contributed by atoms with van der Waals surface area (Å²) in [4.78, 5) is 25.1. The summed E-state index contributed by atoms with van der Waals surface area (Å²) >= 11 is 6.15. The van der Waals surface area contributed by atoms with E-state index in [1.54, 1.807) is 0 Å². The van der Waals surface area contributed by atoms with Crippen molar-refractivity contribution in [3.05, 3.63) is 27.3 Å². The fourth-order valence-electron chi connectivity index (χ4n) is 5.63. The third-order valence-corrected chi connectivity index (χ3v) is 7.82. The highest BCUT2D eigenvalue weighted by Crippen LogP contribution is 2.64. The van der Waals surface area contributed by atoms with Gasteiger partial charge >= 0.3 is 5.97 Å². The predicted octanol–water partition coefficient (Wildman–Crippen LogP) is 4.82. The van der Waals surface area contributed by atoms with Crippen molar-refractivity contribution < 1.29 is 14.3 Å². The number of hydrogen-bond donors (Lipinski definition) is 1. The highest BCUT2D eigenvalue weighted by Gasteiger charge is 2.60. The Labute approximate surface area is 176 Å². The smallest absolute Gasteiger partial charge is 0.312 e. The van der Waals surface area contributed by atoms with E-state index in [1.165, 1.54) is 19.3 Å². The average molecular weight is 532 g/mol. The molecule has 0 heterocycles.